The van der Waals surface area contributed by atoms with Gasteiger partial charge in [0.1, 0.15) is 11.3 Å². The molecule has 60 heavy (non-hydrogen) atoms. The van der Waals surface area contributed by atoms with E-state index in [9.17, 15) is 21.6 Å². The van der Waals surface area contributed by atoms with Crippen LogP contribution in [0.25, 0.3) is 53.2 Å². The third-order valence-corrected chi connectivity index (χ3v) is 12.5. The van der Waals surface area contributed by atoms with E-state index >= 15 is 0 Å². The highest BCUT2D eigenvalue weighted by atomic mass is 32.2. The van der Waals surface area contributed by atoms with E-state index in [2.05, 4.69) is 71.6 Å². The zero-order valence-corrected chi connectivity index (χ0v) is 33.0. The van der Waals surface area contributed by atoms with Gasteiger partial charge in [-0.2, -0.15) is 21.6 Å². The highest BCUT2D eigenvalue weighted by Crippen LogP contribution is 2.47. The van der Waals surface area contributed by atoms with Gasteiger partial charge >= 0.3 is 15.6 Å². The van der Waals surface area contributed by atoms with Crippen LogP contribution >= 0.6 is 11.3 Å². The van der Waals surface area contributed by atoms with E-state index in [1.165, 1.54) is 16.8 Å². The summed E-state index contributed by atoms with van der Waals surface area (Å²) in [6.07, 6.45) is 0. The number of halogens is 3. The number of furan rings is 1. The Morgan fingerprint density at radius 2 is 1.02 bits per heavy atom. The molecule has 0 atom stereocenters. The van der Waals surface area contributed by atoms with Gasteiger partial charge in [-0.3, -0.25) is 0 Å². The smallest absolute Gasteiger partial charge is 0.454 e. The Morgan fingerprint density at radius 3 is 1.68 bits per heavy atom. The van der Waals surface area contributed by atoms with Crippen LogP contribution in [-0.2, 0) is 10.1 Å². The summed E-state index contributed by atoms with van der Waals surface area (Å²) in [5.41, 5.74) is 1.28. The fourth-order valence-electron chi connectivity index (χ4n) is 7.66. The molecule has 0 bridgehead atoms. The Hall–Kier alpha value is -7.08. The number of benzene rings is 8. The number of hydrogen-bond donors (Lipinski definition) is 0. The molecule has 0 saturated carbocycles. The maximum absolute atomic E-state index is 13.8. The molecule has 10 aromatic rings. The molecular formula is C49H31F3N2O4S2. The van der Waals surface area contributed by atoms with Crippen LogP contribution in [0.5, 0.6) is 5.75 Å². The number of para-hydroxylation sites is 2. The predicted octanol–water partition coefficient (Wildman–Crippen LogP) is 14.8. The predicted molar refractivity (Wildman–Crippen MR) is 237 cm³/mol. The molecule has 8 aromatic carbocycles. The Bertz CT molecular complexity index is 3260. The molecule has 0 aliphatic rings. The molecule has 0 aliphatic heterocycles. The van der Waals surface area contributed by atoms with Gasteiger partial charge in [0.05, 0.1) is 5.69 Å². The van der Waals surface area contributed by atoms with Crippen LogP contribution < -0.4 is 14.0 Å². The quantitative estimate of drug-likeness (QED) is 0.107. The van der Waals surface area contributed by atoms with Crippen molar-refractivity contribution >= 4 is 97.7 Å². The summed E-state index contributed by atoms with van der Waals surface area (Å²) in [6, 6.07) is 59.6. The molecule has 294 valence electrons. The number of rotatable bonds is 9. The molecule has 11 heteroatoms. The van der Waals surface area contributed by atoms with E-state index in [1.807, 2.05) is 109 Å². The van der Waals surface area contributed by atoms with Crippen LogP contribution in [0.1, 0.15) is 0 Å². The summed E-state index contributed by atoms with van der Waals surface area (Å²) in [7, 11) is -6.03. The van der Waals surface area contributed by atoms with E-state index in [1.54, 1.807) is 16.2 Å². The maximum atomic E-state index is 13.8. The van der Waals surface area contributed by atoms with Gasteiger partial charge < -0.3 is 18.4 Å². The van der Waals surface area contributed by atoms with Gasteiger partial charge in [-0.25, -0.2) is 0 Å². The zero-order valence-electron chi connectivity index (χ0n) is 31.4. The number of thiophene rings is 1. The van der Waals surface area contributed by atoms with Gasteiger partial charge in [0.15, 0.2) is 5.58 Å². The number of anilines is 6. The van der Waals surface area contributed by atoms with E-state index in [0.717, 1.165) is 43.7 Å². The summed E-state index contributed by atoms with van der Waals surface area (Å²) >= 11 is 1.72. The first kappa shape index (κ1) is 37.2. The van der Waals surface area contributed by atoms with Crippen LogP contribution in [0.3, 0.4) is 0 Å². The third-order valence-electron chi connectivity index (χ3n) is 10.4. The molecule has 0 saturated heterocycles. The highest BCUT2D eigenvalue weighted by molar-refractivity contribution is 7.88. The summed E-state index contributed by atoms with van der Waals surface area (Å²) < 4.78 is 80.2. The minimum Gasteiger partial charge on any atom is -0.454 e. The molecule has 2 heterocycles. The second kappa shape index (κ2) is 14.6. The average molecular weight is 833 g/mol. The molecule has 0 amide bonds. The van der Waals surface area contributed by atoms with Crippen LogP contribution in [0.4, 0.5) is 47.3 Å². The molecular weight excluding hydrogens is 802 g/mol. The van der Waals surface area contributed by atoms with Gasteiger partial charge in [0, 0.05) is 65.4 Å². The Labute approximate surface area is 346 Å². The van der Waals surface area contributed by atoms with Crippen molar-refractivity contribution in [3.05, 3.63) is 188 Å². The van der Waals surface area contributed by atoms with Gasteiger partial charge in [-0.1, -0.05) is 97.1 Å². The molecule has 0 aliphatic carbocycles. The molecule has 0 fully saturated rings. The van der Waals surface area contributed by atoms with E-state index in [-0.39, 0.29) is 5.69 Å². The summed E-state index contributed by atoms with van der Waals surface area (Å²) in [5, 5.41) is 3.14. The molecule has 0 N–H and O–H groups in total. The molecule has 0 radical (unpaired) electrons. The first-order chi connectivity index (χ1) is 29.1. The fourth-order valence-corrected chi connectivity index (χ4v) is 9.20. The average Bonchev–Trinajstić information content (AvgIpc) is 3.83. The first-order valence-corrected chi connectivity index (χ1v) is 21.1. The van der Waals surface area contributed by atoms with Crippen molar-refractivity contribution < 1.29 is 30.2 Å². The molecule has 2 aromatic heterocycles. The largest absolute Gasteiger partial charge is 0.534 e. The van der Waals surface area contributed by atoms with Crippen LogP contribution in [0, 0.1) is 0 Å². The number of fused-ring (bicyclic) bond motifs is 6. The van der Waals surface area contributed by atoms with Crippen molar-refractivity contribution in [3.63, 3.8) is 0 Å². The second-order valence-electron chi connectivity index (χ2n) is 14.1. The van der Waals surface area contributed by atoms with Gasteiger partial charge in [-0.05, 0) is 96.1 Å². The lowest BCUT2D eigenvalue weighted by Crippen LogP contribution is -2.28. The Kier molecular flexibility index (Phi) is 9.07. The van der Waals surface area contributed by atoms with Gasteiger partial charge in [0.2, 0.25) is 0 Å². The molecule has 10 rings (SSSR count). The minimum absolute atomic E-state index is 0.276. The highest BCUT2D eigenvalue weighted by Gasteiger charge is 2.48. The van der Waals surface area contributed by atoms with Crippen LogP contribution in [0.15, 0.2) is 192 Å². The van der Waals surface area contributed by atoms with Crippen molar-refractivity contribution in [2.24, 2.45) is 0 Å². The summed E-state index contributed by atoms with van der Waals surface area (Å²) in [5.74, 6) is -0.525. The lowest BCUT2D eigenvalue weighted by atomic mass is 10.0. The Balaban J connectivity index is 1.20. The van der Waals surface area contributed by atoms with Crippen molar-refractivity contribution in [3.8, 4) is 16.9 Å². The number of hydrogen-bond acceptors (Lipinski definition) is 7. The number of alkyl halides is 3. The van der Waals surface area contributed by atoms with Crippen molar-refractivity contribution in [2.45, 2.75) is 5.51 Å². The molecule has 6 nitrogen and oxygen atoms in total. The summed E-state index contributed by atoms with van der Waals surface area (Å²) in [6.45, 7) is 0. The van der Waals surface area contributed by atoms with Crippen molar-refractivity contribution in [2.75, 3.05) is 9.80 Å². The zero-order chi connectivity index (χ0) is 41.0. The number of nitrogens with zero attached hydrogens (tertiary/aromatic N) is 2. The van der Waals surface area contributed by atoms with E-state index in [4.69, 9.17) is 8.60 Å². The second-order valence-corrected chi connectivity index (χ2v) is 16.7. The molecule has 0 spiro atoms. The normalized spacial score (nSPS) is 12.1. The maximum Gasteiger partial charge on any atom is 0.534 e. The first-order valence-electron chi connectivity index (χ1n) is 18.9. The summed E-state index contributed by atoms with van der Waals surface area (Å²) in [4.78, 5) is 3.91. The standard InChI is InChI=1S/C49H31F3N2O4S2/c50-49(51,52)60(55,56)58-39-30-43-41-28-37(24-26-45(41)57-48(43)44(31-39)54(34-14-6-2-7-15-34)35-16-8-3-9-17-35)53(36-22-20-33(21-23-36)32-12-4-1-5-13-32)38-25-27-47-42(29-38)40-18-10-11-19-46(40)59-47/h1-31H. The van der Waals surface area contributed by atoms with Crippen LogP contribution in [0.2, 0.25) is 0 Å². The topological polar surface area (TPSA) is 63.0 Å². The van der Waals surface area contributed by atoms with E-state index < -0.39 is 21.4 Å². The lowest BCUT2D eigenvalue weighted by molar-refractivity contribution is -0.0500. The fraction of sp³-hybridized carbons (Fsp3) is 0.0204. The van der Waals surface area contributed by atoms with E-state index in [0.29, 0.717) is 33.3 Å². The Morgan fingerprint density at radius 1 is 0.483 bits per heavy atom. The minimum atomic E-state index is -6.03. The third kappa shape index (κ3) is 6.67. The molecule has 0 unspecified atom stereocenters. The van der Waals surface area contributed by atoms with Gasteiger partial charge in [0.25, 0.3) is 0 Å². The monoisotopic (exact) mass is 832 g/mol. The van der Waals surface area contributed by atoms with Gasteiger partial charge in [-0.15, -0.1) is 11.3 Å². The van der Waals surface area contributed by atoms with Crippen LogP contribution in [-0.4, -0.2) is 13.9 Å². The SMILES string of the molecule is O=S(=O)(Oc1cc(N(c2ccccc2)c2ccccc2)c2oc3ccc(N(c4ccc(-c5ccccc5)cc4)c4ccc5sc6ccccc6c5c4)cc3c2c1)C(F)(F)F. The van der Waals surface area contributed by atoms with Crippen molar-refractivity contribution in [1.29, 1.82) is 0 Å². The van der Waals surface area contributed by atoms with Crippen molar-refractivity contribution in [1.82, 2.24) is 0 Å². The lowest BCUT2D eigenvalue weighted by Gasteiger charge is -2.26.